The standard InChI is InChI=1S/C23H21NOP/c1-17(2)21-16-25-23(24-21)20-14-9-15-22(20)26(18-10-5-3-6-11-18)19-12-7-4-8-13-19/h3-8,10-13,17,21,24H,16H2,1-2H3/t21-/m1/s1. The molecule has 1 radical (unpaired) electrons. The Morgan fingerprint density at radius 3 is 2.12 bits per heavy atom. The molecule has 1 aliphatic carbocycles. The minimum atomic E-state index is -0.734. The lowest BCUT2D eigenvalue weighted by molar-refractivity contribution is 0.202. The Balaban J connectivity index is 1.69. The van der Waals surface area contributed by atoms with E-state index in [0.29, 0.717) is 18.6 Å². The van der Waals surface area contributed by atoms with Crippen LogP contribution in [0.25, 0.3) is 0 Å². The molecule has 2 nitrogen and oxygen atoms in total. The number of hydrogen-bond donors (Lipinski definition) is 1. The summed E-state index contributed by atoms with van der Waals surface area (Å²) in [6.45, 7) is 5.11. The molecule has 0 saturated carbocycles. The molecule has 2 aromatic carbocycles. The third-order valence-corrected chi connectivity index (χ3v) is 7.02. The van der Waals surface area contributed by atoms with Crippen LogP contribution in [0.3, 0.4) is 0 Å². The fraction of sp³-hybridized carbons (Fsp3) is 0.217. The monoisotopic (exact) mass is 358 g/mol. The summed E-state index contributed by atoms with van der Waals surface area (Å²) in [4.78, 5) is 0. The van der Waals surface area contributed by atoms with Crippen molar-refractivity contribution >= 4 is 18.5 Å². The summed E-state index contributed by atoms with van der Waals surface area (Å²) >= 11 is 0. The molecule has 1 atom stereocenters. The van der Waals surface area contributed by atoms with Crippen LogP contribution in [-0.4, -0.2) is 12.6 Å². The lowest BCUT2D eigenvalue weighted by Gasteiger charge is -2.22. The van der Waals surface area contributed by atoms with Gasteiger partial charge in [-0.05, 0) is 30.2 Å². The molecule has 26 heavy (non-hydrogen) atoms. The van der Waals surface area contributed by atoms with Crippen molar-refractivity contribution in [3.63, 3.8) is 0 Å². The Morgan fingerprint density at radius 1 is 0.962 bits per heavy atom. The van der Waals surface area contributed by atoms with E-state index in [-0.39, 0.29) is 0 Å². The van der Waals surface area contributed by atoms with Crippen molar-refractivity contribution in [2.45, 2.75) is 19.9 Å². The molecule has 1 heterocycles. The van der Waals surface area contributed by atoms with Gasteiger partial charge in [-0.1, -0.05) is 86.0 Å². The average molecular weight is 358 g/mol. The van der Waals surface area contributed by atoms with Crippen LogP contribution in [0.5, 0.6) is 0 Å². The van der Waals surface area contributed by atoms with Gasteiger partial charge in [-0.2, -0.15) is 0 Å². The highest BCUT2D eigenvalue weighted by Gasteiger charge is 2.35. The van der Waals surface area contributed by atoms with Crippen LogP contribution >= 0.6 is 7.92 Å². The zero-order valence-electron chi connectivity index (χ0n) is 15.0. The molecule has 0 spiro atoms. The van der Waals surface area contributed by atoms with E-state index in [1.54, 1.807) is 0 Å². The topological polar surface area (TPSA) is 21.3 Å². The first-order valence-corrected chi connectivity index (χ1v) is 10.3. The van der Waals surface area contributed by atoms with Crippen molar-refractivity contribution in [2.75, 3.05) is 6.61 Å². The lowest BCUT2D eigenvalue weighted by atomic mass is 10.1. The van der Waals surface area contributed by atoms with E-state index >= 15 is 0 Å². The van der Waals surface area contributed by atoms with Gasteiger partial charge in [-0.25, -0.2) is 0 Å². The number of ether oxygens (including phenoxy) is 1. The van der Waals surface area contributed by atoms with Gasteiger partial charge in [0.05, 0.1) is 17.5 Å². The number of rotatable bonds is 5. The van der Waals surface area contributed by atoms with Crippen molar-refractivity contribution in [2.24, 2.45) is 5.92 Å². The SMILES string of the molecule is CC(C)[C@H]1CO[C](C2=C=C=C=C2P(c2ccccc2)c2ccccc2)N1. The molecular formula is C23H21NOP. The molecule has 4 rings (SSSR count). The van der Waals surface area contributed by atoms with Crippen molar-refractivity contribution in [1.29, 1.82) is 0 Å². The molecule has 3 heteroatoms. The Kier molecular flexibility index (Phi) is 5.07. The van der Waals surface area contributed by atoms with E-state index in [2.05, 4.69) is 97.0 Å². The van der Waals surface area contributed by atoms with Crippen LogP contribution in [0.15, 0.2) is 88.7 Å². The Labute approximate surface area is 156 Å². The first kappa shape index (κ1) is 17.3. The highest BCUT2D eigenvalue weighted by Crippen LogP contribution is 2.49. The normalized spacial score (nSPS) is 19.5. The zero-order chi connectivity index (χ0) is 17.9. The molecule has 1 fully saturated rings. The van der Waals surface area contributed by atoms with E-state index in [9.17, 15) is 0 Å². The Bertz CT molecular complexity index is 876. The van der Waals surface area contributed by atoms with Crippen LogP contribution in [-0.2, 0) is 4.74 Å². The first-order valence-electron chi connectivity index (χ1n) is 8.92. The number of nitrogens with one attached hydrogen (secondary N) is 1. The second kappa shape index (κ2) is 7.63. The van der Waals surface area contributed by atoms with Crippen LogP contribution in [0.1, 0.15) is 13.8 Å². The predicted molar refractivity (Wildman–Crippen MR) is 108 cm³/mol. The fourth-order valence-electron chi connectivity index (χ4n) is 3.10. The molecule has 0 unspecified atom stereocenters. The molecule has 0 aromatic heterocycles. The summed E-state index contributed by atoms with van der Waals surface area (Å²) in [5, 5.41) is 7.22. The third-order valence-electron chi connectivity index (χ3n) is 4.61. The van der Waals surface area contributed by atoms with Gasteiger partial charge in [0.15, 0.2) is 0 Å². The van der Waals surface area contributed by atoms with E-state index in [1.165, 1.54) is 10.6 Å². The fourth-order valence-corrected chi connectivity index (χ4v) is 5.40. The maximum absolute atomic E-state index is 5.98. The number of benzene rings is 2. The lowest BCUT2D eigenvalue weighted by Crippen LogP contribution is -2.31. The summed E-state index contributed by atoms with van der Waals surface area (Å²) in [5.41, 5.74) is 10.6. The zero-order valence-corrected chi connectivity index (χ0v) is 15.9. The molecule has 0 bridgehead atoms. The predicted octanol–water partition coefficient (Wildman–Crippen LogP) is 3.99. The molecule has 129 valence electrons. The molecule has 1 aliphatic heterocycles. The Hall–Kier alpha value is -2.13. The molecule has 2 aromatic rings. The van der Waals surface area contributed by atoms with Crippen LogP contribution in [0.4, 0.5) is 0 Å². The maximum Gasteiger partial charge on any atom is 0.203 e. The maximum atomic E-state index is 5.98. The van der Waals surface area contributed by atoms with Crippen LogP contribution in [0, 0.1) is 12.1 Å². The van der Waals surface area contributed by atoms with Crippen LogP contribution in [0.2, 0.25) is 0 Å². The van der Waals surface area contributed by atoms with Gasteiger partial charge >= 0.3 is 0 Å². The van der Waals surface area contributed by atoms with Gasteiger partial charge in [0.2, 0.25) is 6.23 Å². The summed E-state index contributed by atoms with van der Waals surface area (Å²) in [6.07, 6.45) is 0.815. The smallest absolute Gasteiger partial charge is 0.203 e. The van der Waals surface area contributed by atoms with Crippen molar-refractivity contribution < 1.29 is 4.74 Å². The summed E-state index contributed by atoms with van der Waals surface area (Å²) in [7, 11) is -0.734. The summed E-state index contributed by atoms with van der Waals surface area (Å²) in [5.74, 6) is 0.517. The van der Waals surface area contributed by atoms with Gasteiger partial charge in [0, 0.05) is 6.04 Å². The van der Waals surface area contributed by atoms with E-state index in [4.69, 9.17) is 4.74 Å². The summed E-state index contributed by atoms with van der Waals surface area (Å²) in [6, 6.07) is 21.6. The molecule has 0 amide bonds. The van der Waals surface area contributed by atoms with Crippen molar-refractivity contribution in [3.8, 4) is 0 Å². The Morgan fingerprint density at radius 2 is 1.58 bits per heavy atom. The van der Waals surface area contributed by atoms with Gasteiger partial charge in [0.1, 0.15) is 0 Å². The van der Waals surface area contributed by atoms with Gasteiger partial charge in [-0.3, -0.25) is 5.32 Å². The highest BCUT2D eigenvalue weighted by molar-refractivity contribution is 7.77. The average Bonchev–Trinajstić information content (AvgIpc) is 3.33. The second-order valence-electron chi connectivity index (χ2n) is 6.74. The second-order valence-corrected chi connectivity index (χ2v) is 8.89. The van der Waals surface area contributed by atoms with Gasteiger partial charge in [-0.15, -0.1) is 0 Å². The van der Waals surface area contributed by atoms with Crippen LogP contribution < -0.4 is 15.9 Å². The molecular weight excluding hydrogens is 337 g/mol. The van der Waals surface area contributed by atoms with E-state index in [0.717, 1.165) is 17.1 Å². The molecule has 1 saturated heterocycles. The highest BCUT2D eigenvalue weighted by atomic mass is 31.1. The molecule has 2 aliphatic rings. The molecule has 1 N–H and O–H groups in total. The van der Waals surface area contributed by atoms with E-state index < -0.39 is 7.92 Å². The van der Waals surface area contributed by atoms with Crippen molar-refractivity contribution in [1.82, 2.24) is 5.32 Å². The first-order chi connectivity index (χ1) is 12.7. The number of hydrogen-bond acceptors (Lipinski definition) is 2. The van der Waals surface area contributed by atoms with Gasteiger partial charge in [0.25, 0.3) is 0 Å². The van der Waals surface area contributed by atoms with E-state index in [1.807, 2.05) is 0 Å². The summed E-state index contributed by atoms with van der Waals surface area (Å²) < 4.78 is 5.98. The van der Waals surface area contributed by atoms with Crippen molar-refractivity contribution in [3.05, 3.63) is 95.0 Å². The largest absolute Gasteiger partial charge is 0.349 e. The van der Waals surface area contributed by atoms with Gasteiger partial charge < -0.3 is 4.74 Å². The third kappa shape index (κ3) is 3.41. The minimum absolute atomic E-state index is 0.334. The minimum Gasteiger partial charge on any atom is -0.349 e. The quantitative estimate of drug-likeness (QED) is 0.645.